The van der Waals surface area contributed by atoms with E-state index in [1.807, 2.05) is 18.4 Å². The van der Waals surface area contributed by atoms with Gasteiger partial charge in [-0.2, -0.15) is 5.10 Å². The van der Waals surface area contributed by atoms with E-state index in [2.05, 4.69) is 5.10 Å². The monoisotopic (exact) mass is 327 g/mol. The second-order valence-electron chi connectivity index (χ2n) is 5.18. The first-order valence-corrected chi connectivity index (χ1v) is 9.30. The van der Waals surface area contributed by atoms with E-state index in [4.69, 9.17) is 10.5 Å². The van der Waals surface area contributed by atoms with Crippen LogP contribution < -0.4 is 10.5 Å². The lowest BCUT2D eigenvalue weighted by Crippen LogP contribution is -2.14. The van der Waals surface area contributed by atoms with Crippen LogP contribution in [0.1, 0.15) is 18.0 Å². The Morgan fingerprint density at radius 2 is 2.29 bits per heavy atom. The number of anilines is 1. The van der Waals surface area contributed by atoms with Crippen LogP contribution in [-0.4, -0.2) is 36.8 Å². The summed E-state index contributed by atoms with van der Waals surface area (Å²) in [5.74, 6) is 1.60. The number of hydrogen-bond donors (Lipinski definition) is 1. The van der Waals surface area contributed by atoms with Gasteiger partial charge >= 0.3 is 0 Å². The highest BCUT2D eigenvalue weighted by atomic mass is 32.2. The van der Waals surface area contributed by atoms with E-state index in [9.17, 15) is 8.42 Å². The van der Waals surface area contributed by atoms with E-state index in [0.29, 0.717) is 12.2 Å². The molecular weight excluding hydrogens is 310 g/mol. The van der Waals surface area contributed by atoms with Crippen LogP contribution in [0.5, 0.6) is 5.75 Å². The van der Waals surface area contributed by atoms with Gasteiger partial charge in [0.25, 0.3) is 0 Å². The van der Waals surface area contributed by atoms with Crippen LogP contribution in [0.25, 0.3) is 10.6 Å². The zero-order valence-corrected chi connectivity index (χ0v) is 13.5. The predicted molar refractivity (Wildman–Crippen MR) is 83.5 cm³/mol. The minimum absolute atomic E-state index is 0.110. The zero-order chi connectivity index (χ0) is 15.2. The lowest BCUT2D eigenvalue weighted by atomic mass is 10.2. The summed E-state index contributed by atoms with van der Waals surface area (Å²) in [5.41, 5.74) is 7.77. The van der Waals surface area contributed by atoms with Gasteiger partial charge in [-0.25, -0.2) is 13.1 Å². The first-order valence-electron chi connectivity index (χ1n) is 6.60. The molecular formula is C13H17N3O3S2. The van der Waals surface area contributed by atoms with Gasteiger partial charge in [0.2, 0.25) is 0 Å². The molecule has 0 spiro atoms. The van der Waals surface area contributed by atoms with Crippen LogP contribution in [0.4, 0.5) is 5.82 Å². The molecule has 0 bridgehead atoms. The summed E-state index contributed by atoms with van der Waals surface area (Å²) in [4.78, 5) is 0.918. The van der Waals surface area contributed by atoms with Gasteiger partial charge in [-0.15, -0.1) is 11.3 Å². The molecule has 0 aromatic carbocycles. The van der Waals surface area contributed by atoms with Crippen LogP contribution in [0.3, 0.4) is 0 Å². The second-order valence-corrected chi connectivity index (χ2v) is 8.32. The Bertz CT molecular complexity index is 777. The molecule has 114 valence electrons. The maximum atomic E-state index is 11.6. The molecule has 0 aliphatic carbocycles. The minimum Gasteiger partial charge on any atom is -0.495 e. The fraction of sp³-hybridized carbons (Fsp3) is 0.462. The normalized spacial score (nSPS) is 20.8. The van der Waals surface area contributed by atoms with Crippen molar-refractivity contribution in [2.75, 3.05) is 24.3 Å². The lowest BCUT2D eigenvalue weighted by molar-refractivity contribution is 0.418. The van der Waals surface area contributed by atoms with Gasteiger partial charge < -0.3 is 10.5 Å². The van der Waals surface area contributed by atoms with Crippen molar-refractivity contribution in [3.63, 3.8) is 0 Å². The molecule has 3 heterocycles. The molecule has 1 aliphatic rings. The molecule has 1 unspecified atom stereocenters. The van der Waals surface area contributed by atoms with E-state index < -0.39 is 9.84 Å². The number of nitrogens with two attached hydrogens (primary N) is 1. The Hall–Kier alpha value is -1.54. The number of ether oxygens (including phenoxy) is 1. The smallest absolute Gasteiger partial charge is 0.152 e. The quantitative estimate of drug-likeness (QED) is 0.930. The highest BCUT2D eigenvalue weighted by Crippen LogP contribution is 2.39. The van der Waals surface area contributed by atoms with Crippen LogP contribution in [-0.2, 0) is 9.84 Å². The van der Waals surface area contributed by atoms with Gasteiger partial charge in [0, 0.05) is 5.56 Å². The average molecular weight is 327 g/mol. The number of nitrogen functional groups attached to an aromatic ring is 1. The average Bonchev–Trinajstić information content (AvgIpc) is 3.10. The van der Waals surface area contributed by atoms with Crippen molar-refractivity contribution < 1.29 is 13.2 Å². The molecule has 21 heavy (non-hydrogen) atoms. The first kappa shape index (κ1) is 14.4. The van der Waals surface area contributed by atoms with Gasteiger partial charge in [-0.3, -0.25) is 0 Å². The summed E-state index contributed by atoms with van der Waals surface area (Å²) in [6, 6.07) is 1.71. The molecule has 3 rings (SSSR count). The third kappa shape index (κ3) is 2.42. The lowest BCUT2D eigenvalue weighted by Gasteiger charge is -2.10. The largest absolute Gasteiger partial charge is 0.495 e. The standard InChI is InChI=1S/C13H17N3O3S2/c1-8-11(12-10(19-2)3-5-20-12)15-16(13(8)14)9-4-6-21(17,18)7-9/h3,5,9H,4,6-7,14H2,1-2H3. The predicted octanol–water partition coefficient (Wildman–Crippen LogP) is 1.87. The topological polar surface area (TPSA) is 87.2 Å². The molecule has 1 atom stereocenters. The molecule has 8 heteroatoms. The Morgan fingerprint density at radius 3 is 2.90 bits per heavy atom. The van der Waals surface area contributed by atoms with Crippen molar-refractivity contribution >= 4 is 27.0 Å². The summed E-state index contributed by atoms with van der Waals surface area (Å²) >= 11 is 1.53. The van der Waals surface area contributed by atoms with Crippen molar-refractivity contribution in [2.24, 2.45) is 0 Å². The third-order valence-electron chi connectivity index (χ3n) is 3.81. The van der Waals surface area contributed by atoms with Crippen molar-refractivity contribution in [3.05, 3.63) is 17.0 Å². The number of hydrogen-bond acceptors (Lipinski definition) is 6. The van der Waals surface area contributed by atoms with Crippen molar-refractivity contribution in [1.29, 1.82) is 0 Å². The fourth-order valence-corrected chi connectivity index (χ4v) is 5.22. The van der Waals surface area contributed by atoms with E-state index in [1.54, 1.807) is 11.8 Å². The number of nitrogens with zero attached hydrogens (tertiary/aromatic N) is 2. The fourth-order valence-electron chi connectivity index (χ4n) is 2.62. The van der Waals surface area contributed by atoms with Crippen LogP contribution in [0, 0.1) is 6.92 Å². The summed E-state index contributed by atoms with van der Waals surface area (Å²) in [5, 5.41) is 6.50. The summed E-state index contributed by atoms with van der Waals surface area (Å²) in [6.07, 6.45) is 0.564. The SMILES string of the molecule is COc1ccsc1-c1nn(C2CCS(=O)(=O)C2)c(N)c1C. The molecule has 1 fully saturated rings. The Morgan fingerprint density at radius 1 is 1.52 bits per heavy atom. The molecule has 2 aromatic heterocycles. The zero-order valence-electron chi connectivity index (χ0n) is 11.9. The molecule has 2 aromatic rings. The maximum absolute atomic E-state index is 11.6. The molecule has 1 saturated heterocycles. The molecule has 0 amide bonds. The van der Waals surface area contributed by atoms with Crippen LogP contribution in [0.2, 0.25) is 0 Å². The molecule has 6 nitrogen and oxygen atoms in total. The van der Waals surface area contributed by atoms with Crippen molar-refractivity contribution in [1.82, 2.24) is 9.78 Å². The Balaban J connectivity index is 2.04. The van der Waals surface area contributed by atoms with E-state index in [-0.39, 0.29) is 17.5 Å². The highest BCUT2D eigenvalue weighted by molar-refractivity contribution is 7.91. The van der Waals surface area contributed by atoms with Gasteiger partial charge in [0.1, 0.15) is 17.3 Å². The molecule has 1 aliphatic heterocycles. The summed E-state index contributed by atoms with van der Waals surface area (Å²) in [6.45, 7) is 1.90. The second kappa shape index (κ2) is 5.03. The van der Waals surface area contributed by atoms with Crippen LogP contribution >= 0.6 is 11.3 Å². The molecule has 0 radical (unpaired) electrons. The number of aromatic nitrogens is 2. The van der Waals surface area contributed by atoms with Crippen molar-refractivity contribution in [3.8, 4) is 16.3 Å². The maximum Gasteiger partial charge on any atom is 0.152 e. The van der Waals surface area contributed by atoms with Gasteiger partial charge in [-0.05, 0) is 24.8 Å². The van der Waals surface area contributed by atoms with Crippen LogP contribution in [0.15, 0.2) is 11.4 Å². The number of sulfone groups is 1. The minimum atomic E-state index is -2.97. The summed E-state index contributed by atoms with van der Waals surface area (Å²) in [7, 11) is -1.35. The number of methoxy groups -OCH3 is 1. The van der Waals surface area contributed by atoms with E-state index >= 15 is 0 Å². The number of thiophene rings is 1. The van der Waals surface area contributed by atoms with Crippen molar-refractivity contribution in [2.45, 2.75) is 19.4 Å². The Labute approximate surface area is 127 Å². The molecule has 2 N–H and O–H groups in total. The van der Waals surface area contributed by atoms with E-state index in [0.717, 1.165) is 21.9 Å². The highest BCUT2D eigenvalue weighted by Gasteiger charge is 2.32. The van der Waals surface area contributed by atoms with E-state index in [1.165, 1.54) is 11.3 Å². The molecule has 0 saturated carbocycles. The first-order chi connectivity index (χ1) is 9.93. The Kier molecular flexibility index (Phi) is 3.45. The third-order valence-corrected chi connectivity index (χ3v) is 6.47. The van der Waals surface area contributed by atoms with Gasteiger partial charge in [0.15, 0.2) is 9.84 Å². The summed E-state index contributed by atoms with van der Waals surface area (Å²) < 4.78 is 30.3. The van der Waals surface area contributed by atoms with Gasteiger partial charge in [0.05, 0.1) is 29.5 Å². The number of rotatable bonds is 3. The van der Waals surface area contributed by atoms with Gasteiger partial charge in [-0.1, -0.05) is 0 Å².